The molecule has 1 aromatic carbocycles. The van der Waals surface area contributed by atoms with Crippen molar-refractivity contribution in [3.05, 3.63) is 23.9 Å². The molecular weight excluding hydrogens is 226 g/mol. The van der Waals surface area contributed by atoms with Crippen LogP contribution in [0.25, 0.3) is 10.9 Å². The minimum absolute atomic E-state index is 0.414. The number of aromatic nitrogens is 2. The zero-order valence-electron chi connectivity index (χ0n) is 10.1. The quantitative estimate of drug-likeness (QED) is 0.613. The number of nitrogen functional groups attached to an aromatic ring is 1. The summed E-state index contributed by atoms with van der Waals surface area (Å²) < 4.78 is 6.99. The molecule has 0 amide bonds. The van der Waals surface area contributed by atoms with Gasteiger partial charge in [0.1, 0.15) is 0 Å². The Bertz CT molecular complexity index is 618. The van der Waals surface area contributed by atoms with Crippen LogP contribution in [0.3, 0.4) is 0 Å². The van der Waals surface area contributed by atoms with Gasteiger partial charge in [-0.15, -0.1) is 0 Å². The molecule has 1 aromatic heterocycles. The minimum Gasteiger partial charge on any atom is -0.399 e. The molecule has 1 aliphatic rings. The van der Waals surface area contributed by atoms with Crippen molar-refractivity contribution in [3.63, 3.8) is 0 Å². The normalized spacial score (nSPS) is 16.8. The summed E-state index contributed by atoms with van der Waals surface area (Å²) >= 11 is 0. The molecule has 92 valence electrons. The van der Waals surface area contributed by atoms with E-state index < -0.39 is 0 Å². The fourth-order valence-electron chi connectivity index (χ4n) is 2.53. The Hall–Kier alpha value is -1.99. The van der Waals surface area contributed by atoms with E-state index in [-0.39, 0.29) is 0 Å². The topological polar surface area (TPSA) is 53.1 Å². The van der Waals surface area contributed by atoms with Gasteiger partial charge in [-0.2, -0.15) is 9.78 Å². The van der Waals surface area contributed by atoms with Gasteiger partial charge in [-0.25, -0.2) is 0 Å². The van der Waals surface area contributed by atoms with Crippen LogP contribution < -0.4 is 5.73 Å². The Balaban J connectivity index is 2.16. The highest BCUT2D eigenvalue weighted by atomic mass is 16.5. The number of nitrogens with zero attached hydrogens (tertiary/aromatic N) is 2. The van der Waals surface area contributed by atoms with Gasteiger partial charge in [0.05, 0.1) is 11.2 Å². The Labute approximate surface area is 106 Å². The Kier molecular flexibility index (Phi) is 2.69. The monoisotopic (exact) mass is 241 g/mol. The number of terminal acetylenes is 1. The van der Waals surface area contributed by atoms with Gasteiger partial charge in [0.15, 0.2) is 0 Å². The second-order valence-electron chi connectivity index (χ2n) is 4.59. The molecule has 0 radical (unpaired) electrons. The summed E-state index contributed by atoms with van der Waals surface area (Å²) in [6.07, 6.45) is 7.47. The molecule has 1 saturated heterocycles. The number of rotatable bonds is 1. The predicted molar refractivity (Wildman–Crippen MR) is 71.2 cm³/mol. The number of nitrogens with two attached hydrogens (primary N) is 1. The van der Waals surface area contributed by atoms with E-state index in [1.165, 1.54) is 0 Å². The van der Waals surface area contributed by atoms with Crippen molar-refractivity contribution in [1.29, 1.82) is 0 Å². The van der Waals surface area contributed by atoms with Crippen LogP contribution in [0.15, 0.2) is 18.2 Å². The Morgan fingerprint density at radius 2 is 2.17 bits per heavy atom. The van der Waals surface area contributed by atoms with E-state index in [2.05, 4.69) is 11.1 Å². The number of anilines is 1. The van der Waals surface area contributed by atoms with Gasteiger partial charge in [-0.3, -0.25) is 0 Å². The van der Waals surface area contributed by atoms with Crippen LogP contribution in [0.5, 0.6) is 0 Å². The molecule has 4 nitrogen and oxygen atoms in total. The first-order valence-corrected chi connectivity index (χ1v) is 6.12. The highest BCUT2D eigenvalue weighted by Crippen LogP contribution is 2.32. The largest absolute Gasteiger partial charge is 0.399 e. The van der Waals surface area contributed by atoms with Crippen LogP contribution in [0.4, 0.5) is 5.69 Å². The first kappa shape index (κ1) is 11.1. The number of hydrogen-bond donors (Lipinski definition) is 1. The summed E-state index contributed by atoms with van der Waals surface area (Å²) in [5.41, 5.74) is 8.61. The van der Waals surface area contributed by atoms with E-state index in [1.807, 2.05) is 18.2 Å². The van der Waals surface area contributed by atoms with Crippen molar-refractivity contribution in [2.24, 2.45) is 0 Å². The summed E-state index contributed by atoms with van der Waals surface area (Å²) in [6, 6.07) is 8.33. The third kappa shape index (κ3) is 1.73. The van der Waals surface area contributed by atoms with Crippen LogP contribution in [-0.2, 0) is 4.74 Å². The number of ether oxygens (including phenoxy) is 1. The first-order valence-electron chi connectivity index (χ1n) is 6.12. The third-order valence-corrected chi connectivity index (χ3v) is 3.46. The highest BCUT2D eigenvalue weighted by molar-refractivity contribution is 5.86. The van der Waals surface area contributed by atoms with Crippen LogP contribution in [0, 0.1) is 12.5 Å². The molecule has 0 unspecified atom stereocenters. The molecule has 0 bridgehead atoms. The third-order valence-electron chi connectivity index (χ3n) is 3.46. The smallest absolute Gasteiger partial charge is 0.0838 e. The molecule has 2 aromatic rings. The van der Waals surface area contributed by atoms with Crippen LogP contribution in [-0.4, -0.2) is 23.0 Å². The lowest BCUT2D eigenvalue weighted by Gasteiger charge is -2.20. The summed E-state index contributed by atoms with van der Waals surface area (Å²) in [5, 5.41) is 5.61. The van der Waals surface area contributed by atoms with Gasteiger partial charge in [-0.05, 0) is 31.0 Å². The van der Waals surface area contributed by atoms with E-state index >= 15 is 0 Å². The van der Waals surface area contributed by atoms with E-state index in [0.29, 0.717) is 5.92 Å². The molecule has 3 rings (SSSR count). The zero-order chi connectivity index (χ0) is 12.5. The van der Waals surface area contributed by atoms with Gasteiger partial charge in [0.25, 0.3) is 0 Å². The predicted octanol–water partition coefficient (Wildman–Crippen LogP) is 1.95. The van der Waals surface area contributed by atoms with Crippen molar-refractivity contribution >= 4 is 16.6 Å². The van der Waals surface area contributed by atoms with E-state index in [0.717, 1.165) is 48.3 Å². The SMILES string of the molecule is C#Cn1nc(C2CCOCC2)c2cc(N)ccc21. The number of hydrogen-bond acceptors (Lipinski definition) is 3. The maximum Gasteiger partial charge on any atom is 0.0838 e. The fourth-order valence-corrected chi connectivity index (χ4v) is 2.53. The summed E-state index contributed by atoms with van der Waals surface area (Å²) in [6.45, 7) is 1.58. The lowest BCUT2D eigenvalue weighted by Crippen LogP contribution is -2.14. The first-order chi connectivity index (χ1) is 8.79. The maximum atomic E-state index is 5.86. The standard InChI is InChI=1S/C14H15N3O/c1-2-17-13-4-3-11(15)9-12(13)14(16-17)10-5-7-18-8-6-10/h1,3-4,9-10H,5-8,15H2. The average Bonchev–Trinajstić information content (AvgIpc) is 2.77. The number of fused-ring (bicyclic) bond motifs is 1. The maximum absolute atomic E-state index is 5.86. The Morgan fingerprint density at radius 1 is 1.39 bits per heavy atom. The van der Waals surface area contributed by atoms with E-state index in [9.17, 15) is 0 Å². The van der Waals surface area contributed by atoms with Crippen molar-refractivity contribution < 1.29 is 4.74 Å². The van der Waals surface area contributed by atoms with Gasteiger partial charge >= 0.3 is 0 Å². The van der Waals surface area contributed by atoms with Crippen molar-refractivity contribution in [2.75, 3.05) is 18.9 Å². The van der Waals surface area contributed by atoms with Crippen LogP contribution in [0.2, 0.25) is 0 Å². The zero-order valence-corrected chi connectivity index (χ0v) is 10.1. The number of benzene rings is 1. The molecule has 0 spiro atoms. The van der Waals surface area contributed by atoms with Gasteiger partial charge < -0.3 is 10.5 Å². The van der Waals surface area contributed by atoms with E-state index in [1.54, 1.807) is 4.68 Å². The molecule has 0 aliphatic carbocycles. The lowest BCUT2D eigenvalue weighted by molar-refractivity contribution is 0.0847. The molecule has 4 heteroatoms. The summed E-state index contributed by atoms with van der Waals surface area (Å²) in [7, 11) is 0. The average molecular weight is 241 g/mol. The van der Waals surface area contributed by atoms with Gasteiger partial charge in [0, 0.05) is 36.2 Å². The summed E-state index contributed by atoms with van der Waals surface area (Å²) in [5.74, 6) is 0.414. The Morgan fingerprint density at radius 3 is 2.89 bits per heavy atom. The lowest BCUT2D eigenvalue weighted by atomic mass is 9.94. The van der Waals surface area contributed by atoms with Crippen molar-refractivity contribution in [1.82, 2.24) is 9.78 Å². The minimum atomic E-state index is 0.414. The molecule has 2 heterocycles. The van der Waals surface area contributed by atoms with Crippen molar-refractivity contribution in [2.45, 2.75) is 18.8 Å². The van der Waals surface area contributed by atoms with Crippen molar-refractivity contribution in [3.8, 4) is 12.5 Å². The second kappa shape index (κ2) is 4.35. The van der Waals surface area contributed by atoms with E-state index in [4.69, 9.17) is 16.9 Å². The highest BCUT2D eigenvalue weighted by Gasteiger charge is 2.22. The second-order valence-corrected chi connectivity index (χ2v) is 4.59. The molecule has 2 N–H and O–H groups in total. The molecule has 1 fully saturated rings. The van der Waals surface area contributed by atoms with Gasteiger partial charge in [-0.1, -0.05) is 6.42 Å². The fraction of sp³-hybridized carbons (Fsp3) is 0.357. The van der Waals surface area contributed by atoms with Crippen LogP contribution >= 0.6 is 0 Å². The molecule has 18 heavy (non-hydrogen) atoms. The van der Waals surface area contributed by atoms with Gasteiger partial charge in [0.2, 0.25) is 0 Å². The van der Waals surface area contributed by atoms with Crippen LogP contribution in [0.1, 0.15) is 24.5 Å². The molecular formula is C14H15N3O. The molecule has 1 aliphatic heterocycles. The molecule has 0 atom stereocenters. The summed E-state index contributed by atoms with van der Waals surface area (Å²) in [4.78, 5) is 0. The molecule has 0 saturated carbocycles.